The summed E-state index contributed by atoms with van der Waals surface area (Å²) in [5, 5.41) is 3.78. The van der Waals surface area contributed by atoms with Crippen LogP contribution in [0.25, 0.3) is 0 Å². The number of amides is 4. The van der Waals surface area contributed by atoms with Gasteiger partial charge < -0.3 is 10.2 Å². The average Bonchev–Trinajstić information content (AvgIpc) is 3.08. The number of rotatable bonds is 10. The Labute approximate surface area is 215 Å². The second-order valence-corrected chi connectivity index (χ2v) is 9.51. The molecule has 0 aliphatic carbocycles. The van der Waals surface area contributed by atoms with E-state index in [1.54, 1.807) is 49.4 Å². The van der Waals surface area contributed by atoms with E-state index in [9.17, 15) is 19.2 Å². The Morgan fingerprint density at radius 3 is 2.23 bits per heavy atom. The van der Waals surface area contributed by atoms with Gasteiger partial charge in [0.1, 0.15) is 6.04 Å². The van der Waals surface area contributed by atoms with Crippen LogP contribution in [0.15, 0.2) is 42.5 Å². The van der Waals surface area contributed by atoms with Gasteiger partial charge in [-0.25, -0.2) is 0 Å². The zero-order valence-electron chi connectivity index (χ0n) is 20.0. The van der Waals surface area contributed by atoms with Crippen LogP contribution in [0.1, 0.15) is 66.3 Å². The molecule has 7 nitrogen and oxygen atoms in total. The van der Waals surface area contributed by atoms with E-state index in [-0.39, 0.29) is 55.6 Å². The zero-order chi connectivity index (χ0) is 25.7. The van der Waals surface area contributed by atoms with Gasteiger partial charge in [0, 0.05) is 35.6 Å². The van der Waals surface area contributed by atoms with Gasteiger partial charge in [-0.15, -0.1) is 0 Å². The summed E-state index contributed by atoms with van der Waals surface area (Å²) in [6, 6.07) is 10.9. The summed E-state index contributed by atoms with van der Waals surface area (Å²) in [4.78, 5) is 53.9. The Morgan fingerprint density at radius 2 is 1.66 bits per heavy atom. The van der Waals surface area contributed by atoms with Crippen LogP contribution in [0.3, 0.4) is 0 Å². The Kier molecular flexibility index (Phi) is 8.92. The van der Waals surface area contributed by atoms with Crippen molar-refractivity contribution in [2.45, 2.75) is 58.7 Å². The number of hydrogen-bond donors (Lipinski definition) is 1. The summed E-state index contributed by atoms with van der Waals surface area (Å²) in [6.45, 7) is 5.77. The van der Waals surface area contributed by atoms with Crippen molar-refractivity contribution in [2.24, 2.45) is 0 Å². The Morgan fingerprint density at radius 1 is 1.03 bits per heavy atom. The number of carbonyl (C=O) groups excluding carboxylic acids is 4. The molecule has 2 atom stereocenters. The number of imide groups is 1. The molecule has 3 rings (SSSR count). The van der Waals surface area contributed by atoms with Crippen LogP contribution in [0.4, 0.5) is 0 Å². The molecular weight excluding hydrogens is 489 g/mol. The largest absolute Gasteiger partial charge is 0.352 e. The van der Waals surface area contributed by atoms with E-state index in [1.165, 1.54) is 4.90 Å². The van der Waals surface area contributed by atoms with Crippen molar-refractivity contribution in [1.29, 1.82) is 0 Å². The maximum absolute atomic E-state index is 13.3. The summed E-state index contributed by atoms with van der Waals surface area (Å²) in [6.07, 6.45) is 1.09. The van der Waals surface area contributed by atoms with Crippen molar-refractivity contribution in [3.05, 3.63) is 69.2 Å². The maximum atomic E-state index is 13.3. The number of benzene rings is 2. The molecule has 1 heterocycles. The van der Waals surface area contributed by atoms with Gasteiger partial charge in [-0.05, 0) is 56.5 Å². The lowest BCUT2D eigenvalue weighted by atomic mass is 10.1. The van der Waals surface area contributed by atoms with E-state index in [0.29, 0.717) is 26.7 Å². The third kappa shape index (κ3) is 6.21. The number of halogens is 2. The van der Waals surface area contributed by atoms with Gasteiger partial charge in [0.05, 0.1) is 11.1 Å². The van der Waals surface area contributed by atoms with Crippen LogP contribution in [0.2, 0.25) is 10.0 Å². The van der Waals surface area contributed by atoms with Gasteiger partial charge >= 0.3 is 0 Å². The molecule has 2 aromatic carbocycles. The smallest absolute Gasteiger partial charge is 0.261 e. The fourth-order valence-corrected chi connectivity index (χ4v) is 4.32. The van der Waals surface area contributed by atoms with Crippen molar-refractivity contribution in [2.75, 3.05) is 6.54 Å². The lowest BCUT2D eigenvalue weighted by molar-refractivity contribution is -0.141. The minimum atomic E-state index is -0.748. The lowest BCUT2D eigenvalue weighted by Crippen LogP contribution is -2.49. The topological polar surface area (TPSA) is 86.8 Å². The monoisotopic (exact) mass is 517 g/mol. The number of nitrogens with one attached hydrogen (secondary N) is 1. The molecule has 186 valence electrons. The van der Waals surface area contributed by atoms with Gasteiger partial charge in [-0.2, -0.15) is 0 Å². The third-order valence-corrected chi connectivity index (χ3v) is 6.76. The highest BCUT2D eigenvalue weighted by Crippen LogP contribution is 2.25. The van der Waals surface area contributed by atoms with E-state index in [4.69, 9.17) is 23.2 Å². The van der Waals surface area contributed by atoms with Crippen molar-refractivity contribution < 1.29 is 19.2 Å². The third-order valence-electron chi connectivity index (χ3n) is 6.17. The SMILES string of the molecule is CC[C@@H](C)NC(=O)[C@H](C)N(Cc1ccc(Cl)cc1Cl)C(=O)CCCN1C(=O)c2ccccc2C1=O. The fraction of sp³-hybridized carbons (Fsp3) is 0.385. The molecule has 0 spiro atoms. The van der Waals surface area contributed by atoms with Crippen LogP contribution in [-0.4, -0.2) is 52.1 Å². The molecular formula is C26H29Cl2N3O4. The number of nitrogens with zero attached hydrogens (tertiary/aromatic N) is 2. The highest BCUT2D eigenvalue weighted by molar-refractivity contribution is 6.35. The Bertz CT molecular complexity index is 1100. The second kappa shape index (κ2) is 11.7. The van der Waals surface area contributed by atoms with Crippen molar-refractivity contribution in [3.63, 3.8) is 0 Å². The predicted molar refractivity (Wildman–Crippen MR) is 135 cm³/mol. The van der Waals surface area contributed by atoms with Crippen LogP contribution in [0.5, 0.6) is 0 Å². The Balaban J connectivity index is 1.70. The molecule has 35 heavy (non-hydrogen) atoms. The predicted octanol–water partition coefficient (Wildman–Crippen LogP) is 4.70. The fourth-order valence-electron chi connectivity index (χ4n) is 3.86. The molecule has 1 N–H and O–H groups in total. The summed E-state index contributed by atoms with van der Waals surface area (Å²) in [5.41, 5.74) is 1.41. The first-order chi connectivity index (χ1) is 16.6. The molecule has 1 aliphatic heterocycles. The molecule has 9 heteroatoms. The van der Waals surface area contributed by atoms with Gasteiger partial charge in [0.25, 0.3) is 11.8 Å². The number of hydrogen-bond acceptors (Lipinski definition) is 4. The number of carbonyl (C=O) groups is 4. The molecule has 4 amide bonds. The molecule has 0 aromatic heterocycles. The first-order valence-corrected chi connectivity index (χ1v) is 12.4. The second-order valence-electron chi connectivity index (χ2n) is 8.66. The van der Waals surface area contributed by atoms with Crippen molar-refractivity contribution >= 4 is 46.8 Å². The summed E-state index contributed by atoms with van der Waals surface area (Å²) in [7, 11) is 0. The van der Waals surface area contributed by atoms with E-state index in [1.807, 2.05) is 13.8 Å². The van der Waals surface area contributed by atoms with Gasteiger partial charge in [0.2, 0.25) is 11.8 Å². The van der Waals surface area contributed by atoms with Crippen LogP contribution >= 0.6 is 23.2 Å². The quantitative estimate of drug-likeness (QED) is 0.462. The first kappa shape index (κ1) is 26.7. The van der Waals surface area contributed by atoms with Crippen LogP contribution in [0, 0.1) is 0 Å². The molecule has 0 fully saturated rings. The molecule has 0 unspecified atom stereocenters. The summed E-state index contributed by atoms with van der Waals surface area (Å²) >= 11 is 12.3. The van der Waals surface area contributed by atoms with Crippen LogP contribution < -0.4 is 5.32 Å². The highest BCUT2D eigenvalue weighted by Gasteiger charge is 2.35. The minimum absolute atomic E-state index is 0.0326. The van der Waals surface area contributed by atoms with E-state index in [0.717, 1.165) is 11.3 Å². The van der Waals surface area contributed by atoms with Gasteiger partial charge in [-0.1, -0.05) is 48.3 Å². The van der Waals surface area contributed by atoms with Gasteiger partial charge in [0.15, 0.2) is 0 Å². The highest BCUT2D eigenvalue weighted by atomic mass is 35.5. The maximum Gasteiger partial charge on any atom is 0.261 e. The van der Waals surface area contributed by atoms with Crippen LogP contribution in [-0.2, 0) is 16.1 Å². The van der Waals surface area contributed by atoms with E-state index >= 15 is 0 Å². The normalized spacial score (nSPS) is 14.5. The standard InChI is InChI=1S/C26H29Cl2N3O4/c1-4-16(2)29-24(33)17(3)31(15-18-11-12-19(27)14-22(18)28)23(32)10-7-13-30-25(34)20-8-5-6-9-21(20)26(30)35/h5-6,8-9,11-12,14,16-17H,4,7,10,13,15H2,1-3H3,(H,29,33)/t16-,17+/m1/s1. The summed E-state index contributed by atoms with van der Waals surface area (Å²) in [5.74, 6) is -1.26. The first-order valence-electron chi connectivity index (χ1n) is 11.6. The average molecular weight is 518 g/mol. The molecule has 0 bridgehead atoms. The molecule has 0 saturated carbocycles. The summed E-state index contributed by atoms with van der Waals surface area (Å²) < 4.78 is 0. The number of fused-ring (bicyclic) bond motifs is 1. The lowest BCUT2D eigenvalue weighted by Gasteiger charge is -2.30. The minimum Gasteiger partial charge on any atom is -0.352 e. The Hall–Kier alpha value is -2.90. The van der Waals surface area contributed by atoms with Crippen molar-refractivity contribution in [1.82, 2.24) is 15.1 Å². The molecule has 1 aliphatic rings. The van der Waals surface area contributed by atoms with Crippen molar-refractivity contribution in [3.8, 4) is 0 Å². The molecule has 0 radical (unpaired) electrons. The van der Waals surface area contributed by atoms with E-state index in [2.05, 4.69) is 5.32 Å². The molecule has 2 aromatic rings. The van der Waals surface area contributed by atoms with E-state index < -0.39 is 6.04 Å². The molecule has 0 saturated heterocycles. The van der Waals surface area contributed by atoms with Gasteiger partial charge in [-0.3, -0.25) is 24.1 Å². The zero-order valence-corrected chi connectivity index (χ0v) is 21.5.